The second kappa shape index (κ2) is 4.97. The van der Waals surface area contributed by atoms with Crippen LogP contribution in [0.5, 0.6) is 0 Å². The van der Waals surface area contributed by atoms with Gasteiger partial charge >= 0.3 is 0 Å². The van der Waals surface area contributed by atoms with Crippen molar-refractivity contribution in [3.05, 3.63) is 24.3 Å². The van der Waals surface area contributed by atoms with Crippen LogP contribution in [0.2, 0.25) is 0 Å². The number of rotatable bonds is 3. The molecule has 0 aliphatic carbocycles. The van der Waals surface area contributed by atoms with E-state index in [0.717, 1.165) is 6.29 Å². The zero-order valence-electron chi connectivity index (χ0n) is 5.37. The molecule has 0 aromatic carbocycles. The monoisotopic (exact) mass is 123 g/mol. The third-order valence-corrected chi connectivity index (χ3v) is 0.725. The molecule has 48 valence electrons. The maximum Gasteiger partial charge on any atom is 0.151 e. The molecule has 9 heavy (non-hydrogen) atoms. The summed E-state index contributed by atoms with van der Waals surface area (Å²) in [4.78, 5) is 13.7. The van der Waals surface area contributed by atoms with Crippen LogP contribution in [0.1, 0.15) is 0 Å². The second-order valence-corrected chi connectivity index (χ2v) is 1.41. The van der Waals surface area contributed by atoms with Gasteiger partial charge in [0, 0.05) is 18.8 Å². The topological polar surface area (TPSA) is 29.4 Å². The molecular weight excluding hydrogens is 114 g/mol. The molecule has 0 aromatic rings. The lowest BCUT2D eigenvalue weighted by Crippen LogP contribution is -1.83. The van der Waals surface area contributed by atoms with E-state index in [2.05, 4.69) is 11.6 Å². The third-order valence-electron chi connectivity index (χ3n) is 0.725. The molecule has 0 saturated carbocycles. The van der Waals surface area contributed by atoms with Gasteiger partial charge in [0.2, 0.25) is 0 Å². The van der Waals surface area contributed by atoms with E-state index < -0.39 is 0 Å². The van der Waals surface area contributed by atoms with Crippen LogP contribution in [-0.4, -0.2) is 19.5 Å². The Labute approximate surface area is 54.6 Å². The van der Waals surface area contributed by atoms with Crippen LogP contribution in [0.4, 0.5) is 0 Å². The number of carbonyl (C=O) groups excluding carboxylic acids is 1. The molecule has 0 aliphatic heterocycles. The number of carbonyl (C=O) groups is 1. The Bertz CT molecular complexity index is 156. The summed E-state index contributed by atoms with van der Waals surface area (Å²) in [6.07, 6.45) is 5.36. The minimum Gasteiger partial charge on any atom is -0.298 e. The number of aliphatic imine (C=N–C) groups is 1. The van der Waals surface area contributed by atoms with Crippen molar-refractivity contribution in [2.24, 2.45) is 4.99 Å². The molecule has 0 atom stereocenters. The predicted octanol–water partition coefficient (Wildman–Crippen LogP) is 0.998. The lowest BCUT2D eigenvalue weighted by atomic mass is 10.3. The van der Waals surface area contributed by atoms with Gasteiger partial charge in [-0.2, -0.15) is 0 Å². The number of allylic oxidation sites excluding steroid dienone is 3. The van der Waals surface area contributed by atoms with Gasteiger partial charge in [0.25, 0.3) is 0 Å². The summed E-state index contributed by atoms with van der Waals surface area (Å²) < 4.78 is 0. The summed E-state index contributed by atoms with van der Waals surface area (Å²) in [5.74, 6) is 0. The molecule has 0 saturated heterocycles. The summed E-state index contributed by atoms with van der Waals surface area (Å²) in [5.41, 5.74) is 0.535. The highest BCUT2D eigenvalue weighted by Crippen LogP contribution is 1.83. The first kappa shape index (κ1) is 7.82. The standard InChI is InChI=1S/C7H9NO/c1-3-4-7(6-9)5-8-2/h3-6H,1H2,2H3/b7-4+,8-5?. The Kier molecular flexibility index (Phi) is 4.32. The van der Waals surface area contributed by atoms with E-state index in [1.165, 1.54) is 6.21 Å². The first-order valence-electron chi connectivity index (χ1n) is 2.55. The SMILES string of the molecule is C=C/C=C(/C=O)C=NC. The molecule has 2 nitrogen and oxygen atoms in total. The molecule has 0 spiro atoms. The molecule has 0 fully saturated rings. The Hall–Kier alpha value is -1.18. The minimum atomic E-state index is 0.535. The van der Waals surface area contributed by atoms with E-state index >= 15 is 0 Å². The summed E-state index contributed by atoms with van der Waals surface area (Å²) >= 11 is 0. The van der Waals surface area contributed by atoms with Gasteiger partial charge in [-0.25, -0.2) is 0 Å². The second-order valence-electron chi connectivity index (χ2n) is 1.41. The maximum atomic E-state index is 10.1. The van der Waals surface area contributed by atoms with Crippen molar-refractivity contribution in [2.45, 2.75) is 0 Å². The first-order chi connectivity index (χ1) is 4.35. The van der Waals surface area contributed by atoms with Crippen molar-refractivity contribution >= 4 is 12.5 Å². The van der Waals surface area contributed by atoms with Crippen molar-refractivity contribution in [3.63, 3.8) is 0 Å². The fourth-order valence-electron chi connectivity index (χ4n) is 0.398. The van der Waals surface area contributed by atoms with Gasteiger partial charge in [-0.3, -0.25) is 9.79 Å². The Balaban J connectivity index is 4.13. The van der Waals surface area contributed by atoms with E-state index in [9.17, 15) is 4.79 Å². The van der Waals surface area contributed by atoms with E-state index in [1.807, 2.05) is 0 Å². The van der Waals surface area contributed by atoms with Gasteiger partial charge in [-0.15, -0.1) is 0 Å². The molecule has 0 amide bonds. The highest BCUT2D eigenvalue weighted by atomic mass is 16.1. The average Bonchev–Trinajstić information content (AvgIpc) is 1.88. The fraction of sp³-hybridized carbons (Fsp3) is 0.143. The van der Waals surface area contributed by atoms with Gasteiger partial charge in [0.15, 0.2) is 6.29 Å². The Morgan fingerprint density at radius 3 is 2.67 bits per heavy atom. The fourth-order valence-corrected chi connectivity index (χ4v) is 0.398. The molecular formula is C7H9NO. The zero-order chi connectivity index (χ0) is 7.11. The predicted molar refractivity (Wildman–Crippen MR) is 38.8 cm³/mol. The van der Waals surface area contributed by atoms with Crippen LogP contribution in [0.25, 0.3) is 0 Å². The molecule has 0 aliphatic rings. The van der Waals surface area contributed by atoms with E-state index in [-0.39, 0.29) is 0 Å². The molecule has 0 N–H and O–H groups in total. The number of hydrogen-bond acceptors (Lipinski definition) is 2. The van der Waals surface area contributed by atoms with Gasteiger partial charge in [-0.1, -0.05) is 18.7 Å². The van der Waals surface area contributed by atoms with Crippen LogP contribution >= 0.6 is 0 Å². The van der Waals surface area contributed by atoms with Gasteiger partial charge in [0.05, 0.1) is 0 Å². The van der Waals surface area contributed by atoms with Crippen molar-refractivity contribution in [3.8, 4) is 0 Å². The number of nitrogens with zero attached hydrogens (tertiary/aromatic N) is 1. The molecule has 0 bridgehead atoms. The largest absolute Gasteiger partial charge is 0.298 e. The molecule has 0 radical (unpaired) electrons. The van der Waals surface area contributed by atoms with Crippen LogP contribution in [0.3, 0.4) is 0 Å². The normalized spacial score (nSPS) is 11.9. The molecule has 0 aromatic heterocycles. The van der Waals surface area contributed by atoms with Gasteiger partial charge in [-0.05, 0) is 0 Å². The number of aldehydes is 1. The van der Waals surface area contributed by atoms with Gasteiger partial charge in [0.1, 0.15) is 0 Å². The Morgan fingerprint density at radius 1 is 1.67 bits per heavy atom. The number of hydrogen-bond donors (Lipinski definition) is 0. The summed E-state index contributed by atoms with van der Waals surface area (Å²) in [7, 11) is 1.61. The van der Waals surface area contributed by atoms with E-state index in [0.29, 0.717) is 5.57 Å². The molecule has 0 rings (SSSR count). The summed E-state index contributed by atoms with van der Waals surface area (Å²) in [6.45, 7) is 3.43. The summed E-state index contributed by atoms with van der Waals surface area (Å²) in [6, 6.07) is 0. The van der Waals surface area contributed by atoms with Gasteiger partial charge < -0.3 is 0 Å². The molecule has 0 heterocycles. The van der Waals surface area contributed by atoms with Crippen LogP contribution in [0.15, 0.2) is 29.3 Å². The minimum absolute atomic E-state index is 0.535. The van der Waals surface area contributed by atoms with Crippen molar-refractivity contribution < 1.29 is 4.79 Å². The molecule has 0 unspecified atom stereocenters. The van der Waals surface area contributed by atoms with E-state index in [1.54, 1.807) is 19.2 Å². The lowest BCUT2D eigenvalue weighted by molar-refractivity contribution is -0.104. The zero-order valence-corrected chi connectivity index (χ0v) is 5.37. The Morgan fingerprint density at radius 2 is 2.33 bits per heavy atom. The average molecular weight is 123 g/mol. The third kappa shape index (κ3) is 3.41. The smallest absolute Gasteiger partial charge is 0.151 e. The lowest BCUT2D eigenvalue weighted by Gasteiger charge is -1.81. The first-order valence-corrected chi connectivity index (χ1v) is 2.55. The quantitative estimate of drug-likeness (QED) is 0.238. The van der Waals surface area contributed by atoms with Crippen LogP contribution < -0.4 is 0 Å². The highest BCUT2D eigenvalue weighted by molar-refractivity contribution is 6.01. The molecule has 2 heteroatoms. The van der Waals surface area contributed by atoms with E-state index in [4.69, 9.17) is 0 Å². The highest BCUT2D eigenvalue weighted by Gasteiger charge is 1.82. The van der Waals surface area contributed by atoms with Crippen molar-refractivity contribution in [1.29, 1.82) is 0 Å². The maximum absolute atomic E-state index is 10.1. The summed E-state index contributed by atoms with van der Waals surface area (Å²) in [5, 5.41) is 0. The van der Waals surface area contributed by atoms with Crippen molar-refractivity contribution in [1.82, 2.24) is 0 Å². The van der Waals surface area contributed by atoms with Crippen LogP contribution in [-0.2, 0) is 4.79 Å². The van der Waals surface area contributed by atoms with Crippen LogP contribution in [0, 0.1) is 0 Å². The van der Waals surface area contributed by atoms with Crippen molar-refractivity contribution in [2.75, 3.05) is 7.05 Å².